The number of nitrogens with zero attached hydrogens (tertiary/aromatic N) is 2. The molecule has 2 atom stereocenters. The Morgan fingerprint density at radius 1 is 1.24 bits per heavy atom. The van der Waals surface area contributed by atoms with Crippen molar-refractivity contribution in [3.8, 4) is 0 Å². The molecule has 2 unspecified atom stereocenters. The molecule has 0 radical (unpaired) electrons. The minimum atomic E-state index is -4.42. The molecule has 0 aromatic rings. The van der Waals surface area contributed by atoms with E-state index in [2.05, 4.69) is 0 Å². The maximum absolute atomic E-state index is 12.4. The third-order valence-electron chi connectivity index (χ3n) is 3.87. The van der Waals surface area contributed by atoms with Crippen LogP contribution in [0.3, 0.4) is 0 Å². The second-order valence-electron chi connectivity index (χ2n) is 5.27. The Bertz CT molecular complexity index is 406. The van der Waals surface area contributed by atoms with Crippen molar-refractivity contribution in [3.05, 3.63) is 0 Å². The Morgan fingerprint density at radius 3 is 2.48 bits per heavy atom. The fraction of sp³-hybridized carbons (Fsp3) is 0.833. The molecule has 21 heavy (non-hydrogen) atoms. The van der Waals surface area contributed by atoms with Crippen LogP contribution in [0.25, 0.3) is 0 Å². The smallest absolute Gasteiger partial charge is 0.406 e. The second-order valence-corrected chi connectivity index (χ2v) is 5.27. The van der Waals surface area contributed by atoms with Gasteiger partial charge in [-0.25, -0.2) is 0 Å². The summed E-state index contributed by atoms with van der Waals surface area (Å²) in [5.41, 5.74) is 0. The Morgan fingerprint density at radius 2 is 1.90 bits per heavy atom. The van der Waals surface area contributed by atoms with E-state index < -0.39 is 36.7 Å². The first-order valence-corrected chi connectivity index (χ1v) is 6.63. The number of alkyl halides is 3. The van der Waals surface area contributed by atoms with Crippen LogP contribution in [0.15, 0.2) is 0 Å². The Hall–Kier alpha value is -1.02. The normalized spacial score (nSPS) is 27.6. The summed E-state index contributed by atoms with van der Waals surface area (Å²) in [4.78, 5) is 25.6. The molecule has 2 fully saturated rings. The highest BCUT2D eigenvalue weighted by Crippen LogP contribution is 2.28. The van der Waals surface area contributed by atoms with Crippen molar-refractivity contribution in [3.63, 3.8) is 0 Å². The standard InChI is InChI=1S/C12H17F3N2O3.ClH/c13-12(14,15)7-16-6-4-8(10(16)18)17-5-2-1-3-9(17)11(19)20;/h8-9H,1-7H2,(H,19,20);1H. The molecule has 0 aromatic heterocycles. The van der Waals surface area contributed by atoms with Crippen molar-refractivity contribution in [1.29, 1.82) is 0 Å². The molecule has 0 saturated carbocycles. The minimum Gasteiger partial charge on any atom is -0.480 e. The molecule has 2 aliphatic rings. The summed E-state index contributed by atoms with van der Waals surface area (Å²) in [6.45, 7) is -0.771. The number of carboxylic acids is 1. The van der Waals surface area contributed by atoms with Gasteiger partial charge in [-0.2, -0.15) is 13.2 Å². The largest absolute Gasteiger partial charge is 0.480 e. The Kier molecular flexibility index (Phi) is 5.86. The number of carboxylic acid groups (broad SMARTS) is 1. The van der Waals surface area contributed by atoms with E-state index in [1.807, 2.05) is 0 Å². The lowest BCUT2D eigenvalue weighted by Crippen LogP contribution is -2.53. The molecule has 2 heterocycles. The summed E-state index contributed by atoms with van der Waals surface area (Å²) in [5, 5.41) is 9.16. The summed E-state index contributed by atoms with van der Waals surface area (Å²) in [6, 6.07) is -1.48. The van der Waals surface area contributed by atoms with E-state index >= 15 is 0 Å². The van der Waals surface area contributed by atoms with Gasteiger partial charge < -0.3 is 10.0 Å². The second kappa shape index (κ2) is 6.83. The highest BCUT2D eigenvalue weighted by atomic mass is 35.5. The zero-order chi connectivity index (χ0) is 14.9. The fourth-order valence-electron chi connectivity index (χ4n) is 3.00. The van der Waals surface area contributed by atoms with Gasteiger partial charge in [0.1, 0.15) is 12.6 Å². The van der Waals surface area contributed by atoms with Crippen LogP contribution >= 0.6 is 12.4 Å². The van der Waals surface area contributed by atoms with Crippen molar-refractivity contribution in [2.75, 3.05) is 19.6 Å². The van der Waals surface area contributed by atoms with Crippen LogP contribution in [0.1, 0.15) is 25.7 Å². The number of aliphatic carboxylic acids is 1. The summed E-state index contributed by atoms with van der Waals surface area (Å²) >= 11 is 0. The molecule has 1 amide bonds. The number of piperidine rings is 1. The van der Waals surface area contributed by atoms with Crippen molar-refractivity contribution >= 4 is 24.3 Å². The molecule has 5 nitrogen and oxygen atoms in total. The van der Waals surface area contributed by atoms with Crippen molar-refractivity contribution in [2.24, 2.45) is 0 Å². The third kappa shape index (κ3) is 4.23. The van der Waals surface area contributed by atoms with Gasteiger partial charge in [0, 0.05) is 6.54 Å². The number of hydrogen-bond acceptors (Lipinski definition) is 3. The molecular weight excluding hydrogens is 313 g/mol. The zero-order valence-corrected chi connectivity index (χ0v) is 12.1. The van der Waals surface area contributed by atoms with Crippen LogP contribution in [-0.2, 0) is 9.59 Å². The van der Waals surface area contributed by atoms with Gasteiger partial charge in [0.2, 0.25) is 5.91 Å². The van der Waals surface area contributed by atoms with E-state index in [-0.39, 0.29) is 25.4 Å². The molecule has 2 rings (SSSR count). The van der Waals surface area contributed by atoms with Crippen LogP contribution in [-0.4, -0.2) is 64.7 Å². The van der Waals surface area contributed by atoms with Crippen LogP contribution < -0.4 is 0 Å². The van der Waals surface area contributed by atoms with Crippen LogP contribution in [0.4, 0.5) is 13.2 Å². The van der Waals surface area contributed by atoms with Gasteiger partial charge >= 0.3 is 12.1 Å². The maximum atomic E-state index is 12.4. The lowest BCUT2D eigenvalue weighted by molar-refractivity contribution is -0.160. The maximum Gasteiger partial charge on any atom is 0.406 e. The van der Waals surface area contributed by atoms with E-state index in [0.717, 1.165) is 17.7 Å². The topological polar surface area (TPSA) is 60.9 Å². The molecule has 0 aromatic carbocycles. The van der Waals surface area contributed by atoms with Crippen molar-refractivity contribution in [1.82, 2.24) is 9.80 Å². The fourth-order valence-corrected chi connectivity index (χ4v) is 3.00. The van der Waals surface area contributed by atoms with Gasteiger partial charge in [-0.1, -0.05) is 6.42 Å². The number of amides is 1. The van der Waals surface area contributed by atoms with Gasteiger partial charge in [-0.05, 0) is 25.8 Å². The van der Waals surface area contributed by atoms with Gasteiger partial charge in [0.05, 0.1) is 6.04 Å². The summed E-state index contributed by atoms with van der Waals surface area (Å²) in [7, 11) is 0. The summed E-state index contributed by atoms with van der Waals surface area (Å²) in [6.07, 6.45) is -2.18. The van der Waals surface area contributed by atoms with E-state index in [9.17, 15) is 22.8 Å². The molecule has 0 bridgehead atoms. The minimum absolute atomic E-state index is 0. The average molecular weight is 331 g/mol. The van der Waals surface area contributed by atoms with E-state index in [4.69, 9.17) is 5.11 Å². The molecule has 1 N–H and O–H groups in total. The number of carbonyl (C=O) groups is 2. The van der Waals surface area contributed by atoms with E-state index in [1.165, 1.54) is 0 Å². The van der Waals surface area contributed by atoms with Gasteiger partial charge in [0.15, 0.2) is 0 Å². The Labute approximate surface area is 126 Å². The molecule has 0 spiro atoms. The van der Waals surface area contributed by atoms with E-state index in [0.29, 0.717) is 13.0 Å². The molecule has 0 aliphatic carbocycles. The van der Waals surface area contributed by atoms with Gasteiger partial charge in [0.25, 0.3) is 0 Å². The lowest BCUT2D eigenvalue weighted by Gasteiger charge is -2.36. The average Bonchev–Trinajstić information content (AvgIpc) is 2.69. The Balaban J connectivity index is 0.00000220. The van der Waals surface area contributed by atoms with Gasteiger partial charge in [-0.15, -0.1) is 12.4 Å². The first kappa shape index (κ1) is 18.0. The van der Waals surface area contributed by atoms with Crippen molar-refractivity contribution < 1.29 is 27.9 Å². The SMILES string of the molecule is Cl.O=C(O)C1CCCCN1C1CCN(CC(F)(F)F)C1=O. The monoisotopic (exact) mass is 330 g/mol. The molecule has 2 saturated heterocycles. The summed E-state index contributed by atoms with van der Waals surface area (Å²) in [5.74, 6) is -1.61. The van der Waals surface area contributed by atoms with Crippen LogP contribution in [0.5, 0.6) is 0 Å². The highest BCUT2D eigenvalue weighted by molar-refractivity contribution is 5.85. The first-order chi connectivity index (χ1) is 9.29. The molecule has 9 heteroatoms. The van der Waals surface area contributed by atoms with Crippen molar-refractivity contribution in [2.45, 2.75) is 43.9 Å². The quantitative estimate of drug-likeness (QED) is 0.852. The van der Waals surface area contributed by atoms with Gasteiger partial charge in [-0.3, -0.25) is 14.5 Å². The predicted octanol–water partition coefficient (Wildman–Crippen LogP) is 1.51. The highest BCUT2D eigenvalue weighted by Gasteiger charge is 2.44. The number of carbonyl (C=O) groups excluding carboxylic acids is 1. The number of likely N-dealkylation sites (tertiary alicyclic amines) is 2. The first-order valence-electron chi connectivity index (χ1n) is 6.63. The number of hydrogen-bond donors (Lipinski definition) is 1. The number of rotatable bonds is 3. The molecule has 122 valence electrons. The lowest BCUT2D eigenvalue weighted by atomic mass is 9.99. The zero-order valence-electron chi connectivity index (χ0n) is 11.3. The molecule has 2 aliphatic heterocycles. The van der Waals surface area contributed by atoms with Crippen LogP contribution in [0.2, 0.25) is 0 Å². The predicted molar refractivity (Wildman–Crippen MR) is 70.3 cm³/mol. The van der Waals surface area contributed by atoms with E-state index in [1.54, 1.807) is 4.90 Å². The summed E-state index contributed by atoms with van der Waals surface area (Å²) < 4.78 is 37.1. The molecular formula is C12H18ClF3N2O3. The number of halogens is 4. The third-order valence-corrected chi connectivity index (χ3v) is 3.87. The van der Waals surface area contributed by atoms with Crippen LogP contribution in [0, 0.1) is 0 Å².